The van der Waals surface area contributed by atoms with Crippen LogP contribution in [0.3, 0.4) is 0 Å². The van der Waals surface area contributed by atoms with E-state index in [0.29, 0.717) is 0 Å². The largest absolute Gasteiger partial charge is 0.459 e. The summed E-state index contributed by atoms with van der Waals surface area (Å²) in [6.07, 6.45) is 6.81. The van der Waals surface area contributed by atoms with E-state index >= 15 is 0 Å². The van der Waals surface area contributed by atoms with Crippen LogP contribution < -0.4 is 16.0 Å². The molecule has 1 fully saturated rings. The van der Waals surface area contributed by atoms with Crippen molar-refractivity contribution in [1.82, 2.24) is 16.0 Å². The van der Waals surface area contributed by atoms with E-state index in [-0.39, 0.29) is 24.3 Å². The summed E-state index contributed by atoms with van der Waals surface area (Å²) in [5.74, 6) is -2.08. The van der Waals surface area contributed by atoms with Gasteiger partial charge < -0.3 is 25.1 Å². The molecule has 0 radical (unpaired) electrons. The molecular formula is C19H27N3O6. The average molecular weight is 393 g/mol. The Balaban J connectivity index is 1.63. The smallest absolute Gasteiger partial charge is 0.326 e. The molecule has 1 heterocycles. The number of rotatable bonds is 8. The minimum Gasteiger partial charge on any atom is -0.459 e. The molecule has 0 aliphatic heterocycles. The third-order valence-electron chi connectivity index (χ3n) is 4.46. The van der Waals surface area contributed by atoms with Crippen molar-refractivity contribution in [3.05, 3.63) is 24.2 Å². The van der Waals surface area contributed by atoms with E-state index in [4.69, 9.17) is 9.15 Å². The van der Waals surface area contributed by atoms with Crippen LogP contribution in [0.2, 0.25) is 0 Å². The zero-order chi connectivity index (χ0) is 20.4. The highest BCUT2D eigenvalue weighted by Gasteiger charge is 2.22. The van der Waals surface area contributed by atoms with E-state index in [2.05, 4.69) is 16.0 Å². The second-order valence-corrected chi connectivity index (χ2v) is 6.77. The van der Waals surface area contributed by atoms with Crippen LogP contribution in [0.5, 0.6) is 0 Å². The Morgan fingerprint density at radius 3 is 2.46 bits per heavy atom. The minimum absolute atomic E-state index is 0.0840. The first-order valence-electron chi connectivity index (χ1n) is 9.54. The number of ether oxygens (including phenoxy) is 1. The molecule has 9 nitrogen and oxygen atoms in total. The Kier molecular flexibility index (Phi) is 8.51. The molecule has 28 heavy (non-hydrogen) atoms. The molecule has 3 amide bonds. The van der Waals surface area contributed by atoms with E-state index in [1.54, 1.807) is 6.07 Å². The molecule has 0 bridgehead atoms. The molecule has 1 aliphatic rings. The lowest BCUT2D eigenvalue weighted by atomic mass is 10.1. The number of hydrogen-bond donors (Lipinski definition) is 3. The van der Waals surface area contributed by atoms with Gasteiger partial charge in [0, 0.05) is 6.04 Å². The van der Waals surface area contributed by atoms with Gasteiger partial charge in [-0.05, 0) is 31.9 Å². The topological polar surface area (TPSA) is 127 Å². The fourth-order valence-corrected chi connectivity index (χ4v) is 2.92. The van der Waals surface area contributed by atoms with Crippen LogP contribution in [-0.2, 0) is 19.1 Å². The second kappa shape index (κ2) is 11.1. The quantitative estimate of drug-likeness (QED) is 0.445. The molecule has 0 saturated heterocycles. The first-order chi connectivity index (χ1) is 13.5. The molecule has 2 rings (SSSR count). The normalized spacial score (nSPS) is 15.8. The van der Waals surface area contributed by atoms with Crippen LogP contribution in [0.15, 0.2) is 22.8 Å². The molecule has 1 aliphatic carbocycles. The third kappa shape index (κ3) is 7.42. The SMILES string of the molecule is C[C@@H](OC(=O)CNC(=O)CNC(=O)c1ccco1)C(=O)NC1CCCCCC1. The predicted octanol–water partition coefficient (Wildman–Crippen LogP) is 0.896. The zero-order valence-electron chi connectivity index (χ0n) is 16.0. The van der Waals surface area contributed by atoms with Crippen molar-refractivity contribution in [2.24, 2.45) is 0 Å². The fraction of sp³-hybridized carbons (Fsp3) is 0.579. The summed E-state index contributed by atoms with van der Waals surface area (Å²) in [6.45, 7) is 0.788. The second-order valence-electron chi connectivity index (χ2n) is 6.77. The van der Waals surface area contributed by atoms with Crippen LogP contribution in [-0.4, -0.2) is 48.9 Å². The number of carbonyl (C=O) groups is 4. The van der Waals surface area contributed by atoms with Gasteiger partial charge in [-0.1, -0.05) is 25.7 Å². The number of amides is 3. The lowest BCUT2D eigenvalue weighted by molar-refractivity contribution is -0.154. The fourth-order valence-electron chi connectivity index (χ4n) is 2.92. The number of esters is 1. The Morgan fingerprint density at radius 1 is 1.11 bits per heavy atom. The van der Waals surface area contributed by atoms with Gasteiger partial charge >= 0.3 is 5.97 Å². The first kappa shape index (κ1) is 21.5. The molecule has 1 saturated carbocycles. The Labute approximate surface area is 163 Å². The Bertz CT molecular complexity index is 665. The van der Waals surface area contributed by atoms with Crippen molar-refractivity contribution in [3.8, 4) is 0 Å². The molecular weight excluding hydrogens is 366 g/mol. The number of nitrogens with one attached hydrogen (secondary N) is 3. The van der Waals surface area contributed by atoms with Crippen LogP contribution in [0.25, 0.3) is 0 Å². The van der Waals surface area contributed by atoms with Gasteiger partial charge in [-0.15, -0.1) is 0 Å². The highest BCUT2D eigenvalue weighted by atomic mass is 16.5. The van der Waals surface area contributed by atoms with E-state index in [1.807, 2.05) is 0 Å². The molecule has 9 heteroatoms. The van der Waals surface area contributed by atoms with E-state index in [9.17, 15) is 19.2 Å². The maximum atomic E-state index is 12.2. The summed E-state index contributed by atoms with van der Waals surface area (Å²) in [6, 6.07) is 3.14. The van der Waals surface area contributed by atoms with Crippen LogP contribution in [0, 0.1) is 0 Å². The summed E-state index contributed by atoms with van der Waals surface area (Å²) in [5, 5.41) is 7.60. The van der Waals surface area contributed by atoms with Crippen LogP contribution >= 0.6 is 0 Å². The highest BCUT2D eigenvalue weighted by Crippen LogP contribution is 2.17. The molecule has 0 unspecified atom stereocenters. The first-order valence-corrected chi connectivity index (χ1v) is 9.54. The molecule has 0 aromatic carbocycles. The molecule has 1 atom stereocenters. The highest BCUT2D eigenvalue weighted by molar-refractivity contribution is 5.94. The van der Waals surface area contributed by atoms with E-state index < -0.39 is 30.4 Å². The zero-order valence-corrected chi connectivity index (χ0v) is 16.0. The Morgan fingerprint density at radius 2 is 1.82 bits per heavy atom. The lowest BCUT2D eigenvalue weighted by Gasteiger charge is -2.19. The van der Waals surface area contributed by atoms with Gasteiger partial charge in [-0.25, -0.2) is 0 Å². The van der Waals surface area contributed by atoms with Gasteiger partial charge in [0.15, 0.2) is 11.9 Å². The van der Waals surface area contributed by atoms with Crippen molar-refractivity contribution in [2.75, 3.05) is 13.1 Å². The van der Waals surface area contributed by atoms with E-state index in [0.717, 1.165) is 25.7 Å². The Hall–Kier alpha value is -2.84. The van der Waals surface area contributed by atoms with Gasteiger partial charge in [-0.3, -0.25) is 19.2 Å². The van der Waals surface area contributed by atoms with Crippen molar-refractivity contribution < 1.29 is 28.3 Å². The van der Waals surface area contributed by atoms with Gasteiger partial charge in [-0.2, -0.15) is 0 Å². The molecule has 0 spiro atoms. The number of furan rings is 1. The number of hydrogen-bond acceptors (Lipinski definition) is 6. The lowest BCUT2D eigenvalue weighted by Crippen LogP contribution is -2.44. The van der Waals surface area contributed by atoms with E-state index in [1.165, 1.54) is 32.1 Å². The standard InChI is InChI=1S/C19H27N3O6/c1-13(18(25)22-14-7-4-2-3-5-8-14)28-17(24)12-20-16(23)11-21-19(26)15-9-6-10-27-15/h6,9-10,13-14H,2-5,7-8,11-12H2,1H3,(H,20,23)(H,21,26)(H,22,25)/t13-/m1/s1. The number of carbonyl (C=O) groups excluding carboxylic acids is 4. The summed E-state index contributed by atoms with van der Waals surface area (Å²) < 4.78 is 9.95. The third-order valence-corrected chi connectivity index (χ3v) is 4.46. The van der Waals surface area contributed by atoms with Crippen molar-refractivity contribution >= 4 is 23.7 Å². The van der Waals surface area contributed by atoms with Gasteiger partial charge in [0.05, 0.1) is 12.8 Å². The van der Waals surface area contributed by atoms with Crippen LogP contribution in [0.4, 0.5) is 0 Å². The van der Waals surface area contributed by atoms with Crippen molar-refractivity contribution in [3.63, 3.8) is 0 Å². The molecule has 1 aromatic heterocycles. The molecule has 154 valence electrons. The summed E-state index contributed by atoms with van der Waals surface area (Å²) in [7, 11) is 0. The van der Waals surface area contributed by atoms with Crippen molar-refractivity contribution in [1.29, 1.82) is 0 Å². The molecule has 1 aromatic rings. The van der Waals surface area contributed by atoms with Crippen LogP contribution in [0.1, 0.15) is 56.0 Å². The molecule has 3 N–H and O–H groups in total. The average Bonchev–Trinajstić information content (AvgIpc) is 3.10. The van der Waals surface area contributed by atoms with Gasteiger partial charge in [0.25, 0.3) is 11.8 Å². The monoisotopic (exact) mass is 393 g/mol. The maximum Gasteiger partial charge on any atom is 0.326 e. The van der Waals surface area contributed by atoms with Crippen molar-refractivity contribution in [2.45, 2.75) is 57.6 Å². The predicted molar refractivity (Wildman–Crippen MR) is 99.2 cm³/mol. The maximum absolute atomic E-state index is 12.2. The summed E-state index contributed by atoms with van der Waals surface area (Å²) in [4.78, 5) is 47.3. The van der Waals surface area contributed by atoms with Gasteiger partial charge in [0.2, 0.25) is 5.91 Å². The summed E-state index contributed by atoms with van der Waals surface area (Å²) >= 11 is 0. The summed E-state index contributed by atoms with van der Waals surface area (Å²) in [5.41, 5.74) is 0. The van der Waals surface area contributed by atoms with Gasteiger partial charge in [0.1, 0.15) is 6.54 Å². The minimum atomic E-state index is -0.939.